The maximum absolute atomic E-state index is 13.0. The summed E-state index contributed by atoms with van der Waals surface area (Å²) in [5.41, 5.74) is 3.88. The predicted molar refractivity (Wildman–Crippen MR) is 148 cm³/mol. The highest BCUT2D eigenvalue weighted by atomic mass is 19.1. The molecule has 0 saturated carbocycles. The monoisotopic (exact) mass is 530 g/mol. The van der Waals surface area contributed by atoms with Gasteiger partial charge in [-0.15, -0.1) is 0 Å². The highest BCUT2D eigenvalue weighted by molar-refractivity contribution is 5.44. The van der Waals surface area contributed by atoms with Crippen LogP contribution < -0.4 is 10.9 Å². The first-order valence-corrected chi connectivity index (χ1v) is 13.5. The highest BCUT2D eigenvalue weighted by Crippen LogP contribution is 2.30. The van der Waals surface area contributed by atoms with Gasteiger partial charge in [-0.05, 0) is 42.3 Å². The third-order valence-electron chi connectivity index (χ3n) is 7.70. The molecule has 3 heterocycles. The Balaban J connectivity index is 1.22. The molecule has 4 unspecified atom stereocenters. The molecule has 2 saturated heterocycles. The van der Waals surface area contributed by atoms with Crippen LogP contribution in [0.3, 0.4) is 0 Å². The van der Waals surface area contributed by atoms with E-state index in [0.717, 1.165) is 49.5 Å². The van der Waals surface area contributed by atoms with Crippen LogP contribution in [0.1, 0.15) is 40.8 Å². The fourth-order valence-electron chi connectivity index (χ4n) is 5.37. The minimum Gasteiger partial charge on any atom is -0.502 e. The minimum absolute atomic E-state index is 0.114. The number of aromatic amines is 1. The Labute approximate surface area is 228 Å². The third kappa shape index (κ3) is 6.93. The van der Waals surface area contributed by atoms with Gasteiger partial charge in [0, 0.05) is 67.5 Å². The van der Waals surface area contributed by atoms with Crippen molar-refractivity contribution in [2.45, 2.75) is 31.8 Å². The van der Waals surface area contributed by atoms with Crippen LogP contribution in [0.15, 0.2) is 59.7 Å². The molecule has 2 aliphatic rings. The standard InChI is InChI=1S/C31H35FN4O3/c1-21(13-32)33-14-26(12-29-30(37)31(38)35-20-34-29)25-10-8-23(9-11-25)3-2-22-4-6-24(7-5-22)15-36-16-27-18-39-19-28(27)17-36/h4-11,20-21,26-28,33,37H,12-19H2,1H3,(H,34,35,38). The van der Waals surface area contributed by atoms with Crippen LogP contribution >= 0.6 is 0 Å². The zero-order chi connectivity index (χ0) is 27.2. The number of nitrogens with zero attached hydrogens (tertiary/aromatic N) is 2. The molecule has 0 bridgehead atoms. The number of fused-ring (bicyclic) bond motifs is 1. The van der Waals surface area contributed by atoms with E-state index in [2.05, 4.69) is 56.3 Å². The number of ether oxygens (including phenoxy) is 1. The molecule has 7 nitrogen and oxygen atoms in total. The molecule has 0 aliphatic carbocycles. The van der Waals surface area contributed by atoms with E-state index < -0.39 is 12.2 Å². The summed E-state index contributed by atoms with van der Waals surface area (Å²) in [6.45, 7) is 6.78. The Hall–Kier alpha value is -3.51. The fourth-order valence-corrected chi connectivity index (χ4v) is 5.37. The number of H-pyrrole nitrogens is 1. The summed E-state index contributed by atoms with van der Waals surface area (Å²) in [4.78, 5) is 20.8. The van der Waals surface area contributed by atoms with Gasteiger partial charge in [-0.1, -0.05) is 36.1 Å². The molecule has 2 aromatic carbocycles. The SMILES string of the molecule is CC(CF)NCC(Cc1nc[nH]c(=O)c1O)c1ccc(C#Cc2ccc(CN3CC4COCC4C3)cc2)cc1. The number of benzene rings is 2. The quantitative estimate of drug-likeness (QED) is 0.368. The molecule has 0 radical (unpaired) electrons. The smallest absolute Gasteiger partial charge is 0.293 e. The number of aromatic hydroxyl groups is 1. The van der Waals surface area contributed by atoms with Gasteiger partial charge >= 0.3 is 0 Å². The molecule has 1 aromatic heterocycles. The Bertz CT molecular complexity index is 1350. The number of likely N-dealkylation sites (tertiary alicyclic amines) is 1. The summed E-state index contributed by atoms with van der Waals surface area (Å²) < 4.78 is 18.6. The number of hydrogen-bond donors (Lipinski definition) is 3. The van der Waals surface area contributed by atoms with E-state index in [9.17, 15) is 14.3 Å². The van der Waals surface area contributed by atoms with Crippen molar-refractivity contribution >= 4 is 0 Å². The lowest BCUT2D eigenvalue weighted by Gasteiger charge is -2.20. The van der Waals surface area contributed by atoms with E-state index in [1.54, 1.807) is 6.92 Å². The molecule has 5 rings (SSSR count). The topological polar surface area (TPSA) is 90.5 Å². The number of nitrogens with one attached hydrogen (secondary N) is 2. The molecule has 3 aromatic rings. The summed E-state index contributed by atoms with van der Waals surface area (Å²) >= 11 is 0. The van der Waals surface area contributed by atoms with Crippen molar-refractivity contribution in [3.63, 3.8) is 0 Å². The van der Waals surface area contributed by atoms with Crippen molar-refractivity contribution in [3.8, 4) is 17.6 Å². The van der Waals surface area contributed by atoms with Crippen LogP contribution in [0.5, 0.6) is 5.75 Å². The fraction of sp³-hybridized carbons (Fsp3) is 0.419. The lowest BCUT2D eigenvalue weighted by Crippen LogP contribution is -2.32. The largest absolute Gasteiger partial charge is 0.502 e. The van der Waals surface area contributed by atoms with Gasteiger partial charge in [-0.3, -0.25) is 9.69 Å². The average molecular weight is 531 g/mol. The molecular formula is C31H35FN4O3. The molecule has 8 heteroatoms. The van der Waals surface area contributed by atoms with E-state index >= 15 is 0 Å². The van der Waals surface area contributed by atoms with Gasteiger partial charge in [-0.2, -0.15) is 0 Å². The molecule has 39 heavy (non-hydrogen) atoms. The highest BCUT2D eigenvalue weighted by Gasteiger charge is 2.36. The van der Waals surface area contributed by atoms with Gasteiger partial charge < -0.3 is 20.1 Å². The summed E-state index contributed by atoms with van der Waals surface area (Å²) in [7, 11) is 0. The van der Waals surface area contributed by atoms with E-state index in [1.165, 1.54) is 11.9 Å². The van der Waals surface area contributed by atoms with Crippen LogP contribution in [0, 0.1) is 23.7 Å². The second-order valence-electron chi connectivity index (χ2n) is 10.7. The zero-order valence-corrected chi connectivity index (χ0v) is 22.2. The van der Waals surface area contributed by atoms with Crippen molar-refractivity contribution in [3.05, 3.63) is 93.2 Å². The van der Waals surface area contributed by atoms with Crippen LogP contribution in [-0.4, -0.2) is 65.5 Å². The van der Waals surface area contributed by atoms with Crippen LogP contribution in [0.25, 0.3) is 0 Å². The van der Waals surface area contributed by atoms with Crippen molar-refractivity contribution in [1.29, 1.82) is 0 Å². The number of halogens is 1. The summed E-state index contributed by atoms with van der Waals surface area (Å²) in [6.07, 6.45) is 1.62. The van der Waals surface area contributed by atoms with Gasteiger partial charge in [0.1, 0.15) is 6.67 Å². The number of aromatic nitrogens is 2. The zero-order valence-electron chi connectivity index (χ0n) is 22.2. The first kappa shape index (κ1) is 27.1. The van der Waals surface area contributed by atoms with Gasteiger partial charge in [-0.25, -0.2) is 9.37 Å². The molecule has 2 aliphatic heterocycles. The van der Waals surface area contributed by atoms with E-state index in [1.807, 2.05) is 24.3 Å². The average Bonchev–Trinajstić information content (AvgIpc) is 3.55. The van der Waals surface area contributed by atoms with Crippen LogP contribution in [-0.2, 0) is 17.7 Å². The number of hydrogen-bond acceptors (Lipinski definition) is 6. The lowest BCUT2D eigenvalue weighted by atomic mass is 9.92. The van der Waals surface area contributed by atoms with Crippen LogP contribution in [0.4, 0.5) is 4.39 Å². The van der Waals surface area contributed by atoms with Crippen molar-refractivity contribution in [2.75, 3.05) is 39.5 Å². The molecule has 4 atom stereocenters. The summed E-state index contributed by atoms with van der Waals surface area (Å²) in [6, 6.07) is 16.1. The van der Waals surface area contributed by atoms with Crippen molar-refractivity contribution in [1.82, 2.24) is 20.2 Å². The normalized spacial score (nSPS) is 20.3. The van der Waals surface area contributed by atoms with Gasteiger partial charge in [0.2, 0.25) is 5.75 Å². The molecule has 204 valence electrons. The molecular weight excluding hydrogens is 495 g/mol. The maximum atomic E-state index is 13.0. The van der Waals surface area contributed by atoms with Crippen LogP contribution in [0.2, 0.25) is 0 Å². The molecule has 0 spiro atoms. The first-order chi connectivity index (χ1) is 19.0. The van der Waals surface area contributed by atoms with E-state index in [0.29, 0.717) is 30.5 Å². The number of rotatable bonds is 9. The minimum atomic E-state index is -0.573. The Morgan fingerprint density at radius 2 is 1.74 bits per heavy atom. The van der Waals surface area contributed by atoms with E-state index in [4.69, 9.17) is 4.74 Å². The Kier molecular flexibility index (Phi) is 8.72. The summed E-state index contributed by atoms with van der Waals surface area (Å²) in [5, 5.41) is 13.3. The predicted octanol–water partition coefficient (Wildman–Crippen LogP) is 3.23. The molecule has 0 amide bonds. The van der Waals surface area contributed by atoms with Crippen molar-refractivity contribution < 1.29 is 14.2 Å². The molecule has 3 N–H and O–H groups in total. The molecule has 2 fully saturated rings. The second-order valence-corrected chi connectivity index (χ2v) is 10.7. The first-order valence-electron chi connectivity index (χ1n) is 13.5. The Morgan fingerprint density at radius 1 is 1.10 bits per heavy atom. The van der Waals surface area contributed by atoms with Crippen molar-refractivity contribution in [2.24, 2.45) is 11.8 Å². The third-order valence-corrected chi connectivity index (χ3v) is 7.70. The second kappa shape index (κ2) is 12.6. The lowest BCUT2D eigenvalue weighted by molar-refractivity contribution is 0.153. The van der Waals surface area contributed by atoms with Gasteiger partial charge in [0.15, 0.2) is 0 Å². The maximum Gasteiger partial charge on any atom is 0.293 e. The van der Waals surface area contributed by atoms with Gasteiger partial charge in [0.05, 0.1) is 25.2 Å². The van der Waals surface area contributed by atoms with Gasteiger partial charge in [0.25, 0.3) is 5.56 Å². The Morgan fingerprint density at radius 3 is 2.38 bits per heavy atom. The number of alkyl halides is 1. The van der Waals surface area contributed by atoms with E-state index in [-0.39, 0.29) is 17.7 Å². The summed E-state index contributed by atoms with van der Waals surface area (Å²) in [5.74, 6) is 7.37.